The van der Waals surface area contributed by atoms with Crippen LogP contribution in [0.25, 0.3) is 0 Å². The highest BCUT2D eigenvalue weighted by molar-refractivity contribution is 5.88. The van der Waals surface area contributed by atoms with Crippen LogP contribution < -0.4 is 0 Å². The molecule has 0 saturated heterocycles. The van der Waals surface area contributed by atoms with E-state index in [1.165, 1.54) is 13.3 Å². The molecule has 0 saturated carbocycles. The Labute approximate surface area is 65.0 Å². The standard InChI is InChI=1S/C8H8NO2/c1-6-3-7(5-9-4-6)8(10)11-2/h4-5H,1-2H3. The van der Waals surface area contributed by atoms with Crippen molar-refractivity contribution in [3.05, 3.63) is 29.6 Å². The fourth-order valence-corrected chi connectivity index (χ4v) is 0.714. The summed E-state index contributed by atoms with van der Waals surface area (Å²) >= 11 is 0. The van der Waals surface area contributed by atoms with E-state index in [2.05, 4.69) is 15.8 Å². The van der Waals surface area contributed by atoms with Crippen LogP contribution in [0.1, 0.15) is 15.9 Å². The maximum atomic E-state index is 10.9. The molecule has 3 heteroatoms. The van der Waals surface area contributed by atoms with Crippen molar-refractivity contribution in [1.82, 2.24) is 4.98 Å². The van der Waals surface area contributed by atoms with Crippen molar-refractivity contribution >= 4 is 5.97 Å². The normalized spacial score (nSPS) is 9.27. The maximum Gasteiger partial charge on any atom is 0.340 e. The number of rotatable bonds is 1. The molecule has 0 atom stereocenters. The largest absolute Gasteiger partial charge is 0.465 e. The first-order chi connectivity index (χ1) is 5.24. The number of carbonyl (C=O) groups excluding carboxylic acids is 1. The summed E-state index contributed by atoms with van der Waals surface area (Å²) in [5.41, 5.74) is 1.19. The van der Waals surface area contributed by atoms with E-state index in [1.54, 1.807) is 6.20 Å². The van der Waals surface area contributed by atoms with E-state index in [9.17, 15) is 4.79 Å². The van der Waals surface area contributed by atoms with Gasteiger partial charge >= 0.3 is 5.97 Å². The third-order valence-corrected chi connectivity index (χ3v) is 1.21. The van der Waals surface area contributed by atoms with E-state index in [0.29, 0.717) is 5.56 Å². The second-order valence-electron chi connectivity index (χ2n) is 2.12. The number of hydrogen-bond donors (Lipinski definition) is 0. The Bertz CT molecular complexity index is 271. The summed E-state index contributed by atoms with van der Waals surface area (Å²) in [6.07, 6.45) is 3.06. The lowest BCUT2D eigenvalue weighted by molar-refractivity contribution is 0.0600. The van der Waals surface area contributed by atoms with Gasteiger partial charge in [0.1, 0.15) is 0 Å². The first kappa shape index (κ1) is 7.72. The Hall–Kier alpha value is -1.38. The molecule has 0 aliphatic heterocycles. The van der Waals surface area contributed by atoms with E-state index >= 15 is 0 Å². The summed E-state index contributed by atoms with van der Waals surface area (Å²) < 4.78 is 4.48. The van der Waals surface area contributed by atoms with Gasteiger partial charge in [0.25, 0.3) is 0 Å². The molecule has 3 nitrogen and oxygen atoms in total. The number of carbonyl (C=O) groups is 1. The minimum Gasteiger partial charge on any atom is -0.465 e. The van der Waals surface area contributed by atoms with Crippen molar-refractivity contribution in [2.45, 2.75) is 6.92 Å². The smallest absolute Gasteiger partial charge is 0.340 e. The van der Waals surface area contributed by atoms with Gasteiger partial charge in [-0.15, -0.1) is 0 Å². The molecular formula is C8H8NO2. The monoisotopic (exact) mass is 150 g/mol. The van der Waals surface area contributed by atoms with Crippen molar-refractivity contribution in [2.24, 2.45) is 0 Å². The molecule has 0 N–H and O–H groups in total. The first-order valence-corrected chi connectivity index (χ1v) is 3.16. The summed E-state index contributed by atoms with van der Waals surface area (Å²) in [4.78, 5) is 14.7. The number of ether oxygens (including phenoxy) is 1. The van der Waals surface area contributed by atoms with Gasteiger partial charge in [-0.3, -0.25) is 4.98 Å². The summed E-state index contributed by atoms with van der Waals surface area (Å²) in [6, 6.07) is 2.82. The highest BCUT2D eigenvalue weighted by Crippen LogP contribution is 2.00. The number of aromatic nitrogens is 1. The van der Waals surface area contributed by atoms with Crippen molar-refractivity contribution in [1.29, 1.82) is 0 Å². The Morgan fingerprint density at radius 2 is 2.36 bits per heavy atom. The van der Waals surface area contributed by atoms with E-state index in [4.69, 9.17) is 0 Å². The molecule has 0 fully saturated rings. The predicted octanol–water partition coefficient (Wildman–Crippen LogP) is 0.977. The lowest BCUT2D eigenvalue weighted by Gasteiger charge is -1.97. The number of pyridine rings is 1. The summed E-state index contributed by atoms with van der Waals surface area (Å²) in [6.45, 7) is 1.82. The summed E-state index contributed by atoms with van der Waals surface area (Å²) in [7, 11) is 1.33. The Morgan fingerprint density at radius 1 is 1.64 bits per heavy atom. The van der Waals surface area contributed by atoms with Crippen LogP contribution in [0.4, 0.5) is 0 Å². The van der Waals surface area contributed by atoms with Gasteiger partial charge in [-0.05, 0) is 12.5 Å². The van der Waals surface area contributed by atoms with Crippen LogP contribution in [0.2, 0.25) is 0 Å². The van der Waals surface area contributed by atoms with Gasteiger partial charge in [-0.2, -0.15) is 0 Å². The third-order valence-electron chi connectivity index (χ3n) is 1.21. The number of hydrogen-bond acceptors (Lipinski definition) is 3. The molecule has 0 aliphatic carbocycles. The number of esters is 1. The molecule has 0 aromatic carbocycles. The minimum absolute atomic E-state index is 0.368. The van der Waals surface area contributed by atoms with Crippen LogP contribution in [-0.4, -0.2) is 18.1 Å². The van der Waals surface area contributed by atoms with Crippen LogP contribution in [0.3, 0.4) is 0 Å². The fraction of sp³-hybridized carbons (Fsp3) is 0.250. The van der Waals surface area contributed by atoms with Crippen molar-refractivity contribution in [3.8, 4) is 0 Å². The van der Waals surface area contributed by atoms with Gasteiger partial charge in [0.05, 0.1) is 12.7 Å². The van der Waals surface area contributed by atoms with Gasteiger partial charge in [-0.1, -0.05) is 0 Å². The lowest BCUT2D eigenvalue weighted by Crippen LogP contribution is -2.02. The second kappa shape index (κ2) is 3.14. The molecule has 1 radical (unpaired) electrons. The maximum absolute atomic E-state index is 10.9. The highest BCUT2D eigenvalue weighted by atomic mass is 16.5. The number of methoxy groups -OCH3 is 1. The molecule has 0 spiro atoms. The molecule has 1 rings (SSSR count). The fourth-order valence-electron chi connectivity index (χ4n) is 0.714. The summed E-state index contributed by atoms with van der Waals surface area (Å²) in [5.74, 6) is -0.402. The Balaban J connectivity index is 2.96. The number of nitrogens with zero attached hydrogens (tertiary/aromatic N) is 1. The third kappa shape index (κ3) is 1.77. The van der Waals surface area contributed by atoms with Crippen LogP contribution in [0.5, 0.6) is 0 Å². The van der Waals surface area contributed by atoms with E-state index in [1.807, 2.05) is 6.92 Å². The average molecular weight is 150 g/mol. The molecule has 11 heavy (non-hydrogen) atoms. The second-order valence-corrected chi connectivity index (χ2v) is 2.12. The lowest BCUT2D eigenvalue weighted by atomic mass is 10.2. The van der Waals surface area contributed by atoms with Crippen LogP contribution >= 0.6 is 0 Å². The first-order valence-electron chi connectivity index (χ1n) is 3.16. The zero-order valence-electron chi connectivity index (χ0n) is 6.42. The highest BCUT2D eigenvalue weighted by Gasteiger charge is 2.04. The zero-order valence-corrected chi connectivity index (χ0v) is 6.42. The topological polar surface area (TPSA) is 39.2 Å². The molecule has 1 heterocycles. The van der Waals surface area contributed by atoms with Crippen LogP contribution in [0.15, 0.2) is 12.4 Å². The average Bonchev–Trinajstić information content (AvgIpc) is 2.03. The molecule has 0 bridgehead atoms. The van der Waals surface area contributed by atoms with Crippen molar-refractivity contribution < 1.29 is 9.53 Å². The van der Waals surface area contributed by atoms with Crippen LogP contribution in [-0.2, 0) is 4.74 Å². The molecule has 1 aromatic heterocycles. The molecule has 0 unspecified atom stereocenters. The van der Waals surface area contributed by atoms with Crippen molar-refractivity contribution in [2.75, 3.05) is 7.11 Å². The van der Waals surface area contributed by atoms with E-state index in [-0.39, 0.29) is 0 Å². The number of aryl methyl sites for hydroxylation is 1. The molecule has 1 aromatic rings. The zero-order chi connectivity index (χ0) is 8.27. The Morgan fingerprint density at radius 3 is 2.91 bits per heavy atom. The molecule has 0 amide bonds. The molecule has 0 aliphatic rings. The Kier molecular flexibility index (Phi) is 2.21. The predicted molar refractivity (Wildman–Crippen MR) is 39.1 cm³/mol. The van der Waals surface area contributed by atoms with Gasteiger partial charge in [-0.25, -0.2) is 4.79 Å². The SMILES string of the molecule is COC(=O)c1[c]c(C)cnc1. The van der Waals surface area contributed by atoms with Gasteiger partial charge in [0.2, 0.25) is 0 Å². The van der Waals surface area contributed by atoms with E-state index in [0.717, 1.165) is 5.56 Å². The van der Waals surface area contributed by atoms with Gasteiger partial charge < -0.3 is 4.74 Å². The van der Waals surface area contributed by atoms with Gasteiger partial charge in [0, 0.05) is 18.5 Å². The quantitative estimate of drug-likeness (QED) is 0.560. The van der Waals surface area contributed by atoms with Gasteiger partial charge in [0.15, 0.2) is 0 Å². The van der Waals surface area contributed by atoms with E-state index < -0.39 is 5.97 Å². The van der Waals surface area contributed by atoms with Crippen molar-refractivity contribution in [3.63, 3.8) is 0 Å². The molecule has 57 valence electrons. The van der Waals surface area contributed by atoms with Crippen LogP contribution in [0, 0.1) is 13.0 Å². The summed E-state index contributed by atoms with van der Waals surface area (Å²) in [5, 5.41) is 0. The molecular weight excluding hydrogens is 142 g/mol. The minimum atomic E-state index is -0.402.